The first-order chi connectivity index (χ1) is 8.95. The molecular formula is C13H18N4O2. The molecule has 0 atom stereocenters. The Kier molecular flexibility index (Phi) is 5.27. The largest absolute Gasteiger partial charge is 0.373 e. The van der Waals surface area contributed by atoms with Crippen molar-refractivity contribution >= 4 is 11.4 Å². The van der Waals surface area contributed by atoms with Crippen LogP contribution >= 0.6 is 0 Å². The van der Waals surface area contributed by atoms with Gasteiger partial charge in [-0.25, -0.2) is 0 Å². The second-order valence-corrected chi connectivity index (χ2v) is 4.65. The molecule has 0 N–H and O–H groups in total. The number of non-ortho nitro benzene ring substituents is 1. The maximum absolute atomic E-state index is 10.7. The number of rotatable bonds is 6. The third-order valence-corrected chi connectivity index (χ3v) is 2.82. The molecule has 0 unspecified atom stereocenters. The fourth-order valence-electron chi connectivity index (χ4n) is 1.80. The molecule has 0 saturated heterocycles. The van der Waals surface area contributed by atoms with Gasteiger partial charge in [0.05, 0.1) is 16.2 Å². The van der Waals surface area contributed by atoms with Crippen LogP contribution in [0.3, 0.4) is 0 Å². The van der Waals surface area contributed by atoms with E-state index < -0.39 is 4.92 Å². The van der Waals surface area contributed by atoms with Crippen LogP contribution in [0.1, 0.15) is 12.0 Å². The molecule has 0 amide bonds. The number of nitrogens with zero attached hydrogens (tertiary/aromatic N) is 4. The fraction of sp³-hybridized carbons (Fsp3) is 0.462. The predicted molar refractivity (Wildman–Crippen MR) is 74.3 cm³/mol. The van der Waals surface area contributed by atoms with Crippen LogP contribution in [0.4, 0.5) is 11.4 Å². The minimum Gasteiger partial charge on any atom is -0.373 e. The van der Waals surface area contributed by atoms with Crippen LogP contribution in [0.25, 0.3) is 0 Å². The monoisotopic (exact) mass is 262 g/mol. The lowest BCUT2D eigenvalue weighted by atomic mass is 10.1. The Morgan fingerprint density at radius 3 is 2.53 bits per heavy atom. The van der Waals surface area contributed by atoms with E-state index in [4.69, 9.17) is 5.26 Å². The lowest BCUT2D eigenvalue weighted by molar-refractivity contribution is -0.384. The van der Waals surface area contributed by atoms with Crippen molar-refractivity contribution in [3.63, 3.8) is 0 Å². The molecule has 0 radical (unpaired) electrons. The highest BCUT2D eigenvalue weighted by Crippen LogP contribution is 2.24. The molecule has 0 aliphatic heterocycles. The van der Waals surface area contributed by atoms with Crippen molar-refractivity contribution in [2.24, 2.45) is 0 Å². The predicted octanol–water partition coefficient (Wildman–Crippen LogP) is 1.85. The summed E-state index contributed by atoms with van der Waals surface area (Å²) in [5.41, 5.74) is 1.01. The average Bonchev–Trinajstić information content (AvgIpc) is 2.37. The number of hydrogen-bond acceptors (Lipinski definition) is 5. The SMILES string of the molecule is CN(C)CCCN(C)c1ccc([N+](=O)[O-])cc1C#N. The van der Waals surface area contributed by atoms with Gasteiger partial charge in [0.1, 0.15) is 6.07 Å². The highest BCUT2D eigenvalue weighted by atomic mass is 16.6. The highest BCUT2D eigenvalue weighted by Gasteiger charge is 2.13. The van der Waals surface area contributed by atoms with Crippen LogP contribution < -0.4 is 4.90 Å². The molecule has 0 heterocycles. The highest BCUT2D eigenvalue weighted by molar-refractivity contribution is 5.62. The van der Waals surface area contributed by atoms with E-state index in [1.54, 1.807) is 6.07 Å². The van der Waals surface area contributed by atoms with Gasteiger partial charge in [0.2, 0.25) is 0 Å². The molecule has 1 rings (SSSR count). The summed E-state index contributed by atoms with van der Waals surface area (Å²) >= 11 is 0. The first kappa shape index (κ1) is 14.9. The van der Waals surface area contributed by atoms with Crippen molar-refractivity contribution in [3.05, 3.63) is 33.9 Å². The molecule has 6 heteroatoms. The summed E-state index contributed by atoms with van der Waals surface area (Å²) in [6, 6.07) is 6.39. The molecule has 6 nitrogen and oxygen atoms in total. The third-order valence-electron chi connectivity index (χ3n) is 2.82. The summed E-state index contributed by atoms with van der Waals surface area (Å²) in [5, 5.41) is 19.8. The van der Waals surface area contributed by atoms with Crippen LogP contribution in [0.5, 0.6) is 0 Å². The Morgan fingerprint density at radius 1 is 1.32 bits per heavy atom. The summed E-state index contributed by atoms with van der Waals surface area (Å²) in [7, 11) is 5.90. The third kappa shape index (κ3) is 4.23. The molecule has 19 heavy (non-hydrogen) atoms. The van der Waals surface area contributed by atoms with E-state index >= 15 is 0 Å². The molecule has 1 aromatic carbocycles. The molecule has 0 aliphatic carbocycles. The standard InChI is InChI=1S/C13H18N4O2/c1-15(2)7-4-8-16(3)13-6-5-12(17(18)19)9-11(13)10-14/h5-6,9H,4,7-8H2,1-3H3. The van der Waals surface area contributed by atoms with E-state index in [2.05, 4.69) is 4.90 Å². The summed E-state index contributed by atoms with van der Waals surface area (Å²) in [6.45, 7) is 1.75. The Hall–Kier alpha value is -2.13. The number of anilines is 1. The molecule has 0 bridgehead atoms. The van der Waals surface area contributed by atoms with E-state index in [1.807, 2.05) is 32.1 Å². The first-order valence-electron chi connectivity index (χ1n) is 6.00. The van der Waals surface area contributed by atoms with Gasteiger partial charge in [-0.05, 0) is 33.1 Å². The molecule has 1 aromatic rings. The van der Waals surface area contributed by atoms with E-state index in [0.717, 1.165) is 25.2 Å². The number of nitro groups is 1. The Morgan fingerprint density at radius 2 is 2.00 bits per heavy atom. The van der Waals surface area contributed by atoms with Gasteiger partial charge in [0, 0.05) is 25.7 Å². The zero-order chi connectivity index (χ0) is 14.4. The summed E-state index contributed by atoms with van der Waals surface area (Å²) in [4.78, 5) is 14.2. The fourth-order valence-corrected chi connectivity index (χ4v) is 1.80. The first-order valence-corrected chi connectivity index (χ1v) is 6.00. The van der Waals surface area contributed by atoms with E-state index in [1.165, 1.54) is 12.1 Å². The smallest absolute Gasteiger partial charge is 0.270 e. The quantitative estimate of drug-likeness (QED) is 0.578. The minimum atomic E-state index is -0.489. The van der Waals surface area contributed by atoms with Gasteiger partial charge in [-0.1, -0.05) is 0 Å². The van der Waals surface area contributed by atoms with Crippen molar-refractivity contribution in [3.8, 4) is 6.07 Å². The molecule has 0 saturated carbocycles. The molecule has 0 aliphatic rings. The van der Waals surface area contributed by atoms with Crippen LogP contribution in [-0.4, -0.2) is 44.1 Å². The van der Waals surface area contributed by atoms with Gasteiger partial charge in [0.15, 0.2) is 0 Å². The zero-order valence-corrected chi connectivity index (χ0v) is 11.5. The van der Waals surface area contributed by atoms with Crippen molar-refractivity contribution in [1.82, 2.24) is 4.90 Å². The number of nitriles is 1. The van der Waals surface area contributed by atoms with Gasteiger partial charge in [-0.15, -0.1) is 0 Å². The van der Waals surface area contributed by atoms with Gasteiger partial charge in [0.25, 0.3) is 5.69 Å². The molecular weight excluding hydrogens is 244 g/mol. The Balaban J connectivity index is 2.82. The Bertz CT molecular complexity index is 494. The number of benzene rings is 1. The second-order valence-electron chi connectivity index (χ2n) is 4.65. The molecule has 0 fully saturated rings. The number of hydrogen-bond donors (Lipinski definition) is 0. The Labute approximate surface area is 113 Å². The zero-order valence-electron chi connectivity index (χ0n) is 11.5. The molecule has 0 aromatic heterocycles. The van der Waals surface area contributed by atoms with Crippen molar-refractivity contribution in [2.75, 3.05) is 39.1 Å². The van der Waals surface area contributed by atoms with Gasteiger partial charge in [-0.3, -0.25) is 10.1 Å². The molecule has 102 valence electrons. The van der Waals surface area contributed by atoms with E-state index in [0.29, 0.717) is 5.56 Å². The van der Waals surface area contributed by atoms with E-state index in [-0.39, 0.29) is 5.69 Å². The van der Waals surface area contributed by atoms with Crippen LogP contribution in [-0.2, 0) is 0 Å². The minimum absolute atomic E-state index is 0.0537. The maximum atomic E-state index is 10.7. The normalized spacial score (nSPS) is 10.3. The van der Waals surface area contributed by atoms with Crippen LogP contribution in [0.2, 0.25) is 0 Å². The van der Waals surface area contributed by atoms with Crippen molar-refractivity contribution in [1.29, 1.82) is 5.26 Å². The number of nitro benzene ring substituents is 1. The second kappa shape index (κ2) is 6.71. The topological polar surface area (TPSA) is 73.4 Å². The van der Waals surface area contributed by atoms with Gasteiger partial charge >= 0.3 is 0 Å². The average molecular weight is 262 g/mol. The van der Waals surface area contributed by atoms with Crippen LogP contribution in [0.15, 0.2) is 18.2 Å². The summed E-state index contributed by atoms with van der Waals surface area (Å²) < 4.78 is 0. The lowest BCUT2D eigenvalue weighted by Crippen LogP contribution is -2.23. The van der Waals surface area contributed by atoms with Gasteiger partial charge in [-0.2, -0.15) is 5.26 Å². The van der Waals surface area contributed by atoms with Crippen molar-refractivity contribution < 1.29 is 4.92 Å². The summed E-state index contributed by atoms with van der Waals surface area (Å²) in [6.07, 6.45) is 0.964. The lowest BCUT2D eigenvalue weighted by Gasteiger charge is -2.21. The van der Waals surface area contributed by atoms with Crippen molar-refractivity contribution in [2.45, 2.75) is 6.42 Å². The maximum Gasteiger partial charge on any atom is 0.270 e. The van der Waals surface area contributed by atoms with Crippen LogP contribution in [0, 0.1) is 21.4 Å². The summed E-state index contributed by atoms with van der Waals surface area (Å²) in [5.74, 6) is 0. The van der Waals surface area contributed by atoms with Gasteiger partial charge < -0.3 is 9.80 Å². The molecule has 0 spiro atoms. The van der Waals surface area contributed by atoms with E-state index in [9.17, 15) is 10.1 Å².